The van der Waals surface area contributed by atoms with E-state index in [-0.39, 0.29) is 5.60 Å². The summed E-state index contributed by atoms with van der Waals surface area (Å²) in [6.07, 6.45) is 5.00. The van der Waals surface area contributed by atoms with Crippen LogP contribution in [0.5, 0.6) is 0 Å². The van der Waals surface area contributed by atoms with Crippen LogP contribution in [0.1, 0.15) is 25.1 Å². The molecule has 5 rings (SSSR count). The molecule has 1 atom stereocenters. The summed E-state index contributed by atoms with van der Waals surface area (Å²) in [5, 5.41) is 4.25. The molecule has 1 saturated carbocycles. The van der Waals surface area contributed by atoms with E-state index < -0.39 is 0 Å². The number of aromatic nitrogens is 2. The quantitative estimate of drug-likeness (QED) is 0.850. The first-order valence-electron chi connectivity index (χ1n) is 8.24. The van der Waals surface area contributed by atoms with Crippen LogP contribution in [0.4, 0.5) is 0 Å². The van der Waals surface area contributed by atoms with Crippen molar-refractivity contribution in [1.29, 1.82) is 0 Å². The molecule has 5 nitrogen and oxygen atoms in total. The molecule has 2 aliphatic heterocycles. The minimum absolute atomic E-state index is 0.233. The van der Waals surface area contributed by atoms with Gasteiger partial charge in [0, 0.05) is 23.4 Å². The first-order chi connectivity index (χ1) is 11.2. The van der Waals surface area contributed by atoms with Crippen LogP contribution in [0.3, 0.4) is 0 Å². The van der Waals surface area contributed by atoms with E-state index in [0.717, 1.165) is 50.4 Å². The number of nitrogens with zero attached hydrogens (tertiary/aromatic N) is 3. The van der Waals surface area contributed by atoms with Crippen molar-refractivity contribution >= 4 is 17.2 Å². The lowest BCUT2D eigenvalue weighted by Gasteiger charge is -2.35. The Morgan fingerprint density at radius 2 is 2.30 bits per heavy atom. The topological polar surface area (TPSA) is 47.4 Å². The summed E-state index contributed by atoms with van der Waals surface area (Å²) in [7, 11) is 0. The van der Waals surface area contributed by atoms with Gasteiger partial charge in [-0.05, 0) is 30.7 Å². The summed E-state index contributed by atoms with van der Waals surface area (Å²) >= 11 is 1.70. The second-order valence-electron chi connectivity index (χ2n) is 6.91. The normalized spacial score (nSPS) is 26.7. The van der Waals surface area contributed by atoms with Crippen molar-refractivity contribution in [3.8, 4) is 11.3 Å². The van der Waals surface area contributed by atoms with Crippen molar-refractivity contribution in [1.82, 2.24) is 14.5 Å². The van der Waals surface area contributed by atoms with Crippen LogP contribution in [-0.2, 0) is 22.7 Å². The van der Waals surface area contributed by atoms with Gasteiger partial charge in [-0.15, -0.1) is 0 Å². The van der Waals surface area contributed by atoms with Crippen LogP contribution >= 0.6 is 11.3 Å². The first kappa shape index (κ1) is 13.7. The lowest BCUT2D eigenvalue weighted by Crippen LogP contribution is -2.45. The Morgan fingerprint density at radius 1 is 1.39 bits per heavy atom. The van der Waals surface area contributed by atoms with Gasteiger partial charge in [0.2, 0.25) is 5.91 Å². The zero-order valence-electron chi connectivity index (χ0n) is 12.9. The molecule has 3 aliphatic rings. The average Bonchev–Trinajstić information content (AvgIpc) is 2.98. The number of thiophene rings is 1. The van der Waals surface area contributed by atoms with Gasteiger partial charge in [0.1, 0.15) is 18.0 Å². The molecule has 0 radical (unpaired) electrons. The van der Waals surface area contributed by atoms with Crippen LogP contribution in [0, 0.1) is 5.92 Å². The molecule has 4 heterocycles. The molecule has 1 spiro atoms. The number of hydrogen-bond donors (Lipinski definition) is 0. The van der Waals surface area contributed by atoms with E-state index in [1.165, 1.54) is 5.56 Å². The maximum absolute atomic E-state index is 12.3. The molecule has 1 saturated heterocycles. The zero-order chi connectivity index (χ0) is 15.4. The van der Waals surface area contributed by atoms with E-state index in [1.807, 2.05) is 11.1 Å². The highest BCUT2D eigenvalue weighted by atomic mass is 32.1. The van der Waals surface area contributed by atoms with Crippen molar-refractivity contribution in [3.63, 3.8) is 0 Å². The van der Waals surface area contributed by atoms with E-state index >= 15 is 0 Å². The van der Waals surface area contributed by atoms with Gasteiger partial charge in [0.15, 0.2) is 0 Å². The average molecular weight is 329 g/mol. The van der Waals surface area contributed by atoms with Gasteiger partial charge in [-0.3, -0.25) is 4.79 Å². The summed E-state index contributed by atoms with van der Waals surface area (Å²) in [6, 6.07) is 2.13. The van der Waals surface area contributed by atoms with Crippen LogP contribution in [0.15, 0.2) is 23.0 Å². The molecule has 0 unspecified atom stereocenters. The highest BCUT2D eigenvalue weighted by molar-refractivity contribution is 7.08. The molecule has 6 heteroatoms. The highest BCUT2D eigenvalue weighted by Gasteiger charge is 2.46. The maximum atomic E-state index is 12.3. The SMILES string of the molecule is O=C(C1CC1)N1CC[C@@]2(C1)Cn1c(-c3ccsc3)cnc1CO2. The van der Waals surface area contributed by atoms with Crippen LogP contribution in [0.25, 0.3) is 11.3 Å². The lowest BCUT2D eigenvalue weighted by molar-refractivity contribution is -0.134. The van der Waals surface area contributed by atoms with Gasteiger partial charge < -0.3 is 14.2 Å². The Labute approximate surface area is 138 Å². The number of carbonyl (C=O) groups excluding carboxylic acids is 1. The predicted octanol–water partition coefficient (Wildman–Crippen LogP) is 2.52. The molecule has 2 fully saturated rings. The van der Waals surface area contributed by atoms with E-state index in [4.69, 9.17) is 4.74 Å². The lowest BCUT2D eigenvalue weighted by atomic mass is 10.0. The third kappa shape index (κ3) is 2.23. The minimum atomic E-state index is -0.233. The Bertz CT molecular complexity index is 750. The molecule has 120 valence electrons. The molecular formula is C17H19N3O2S. The summed E-state index contributed by atoms with van der Waals surface area (Å²) in [4.78, 5) is 18.9. The molecule has 0 bridgehead atoms. The number of hydrogen-bond acceptors (Lipinski definition) is 4. The van der Waals surface area contributed by atoms with Gasteiger partial charge in [-0.25, -0.2) is 4.98 Å². The van der Waals surface area contributed by atoms with Gasteiger partial charge in [0.25, 0.3) is 0 Å². The van der Waals surface area contributed by atoms with Gasteiger partial charge in [-0.1, -0.05) is 0 Å². The molecule has 23 heavy (non-hydrogen) atoms. The predicted molar refractivity (Wildman–Crippen MR) is 87.0 cm³/mol. The number of amides is 1. The molecule has 0 aromatic carbocycles. The van der Waals surface area contributed by atoms with E-state index in [2.05, 4.69) is 26.4 Å². The maximum Gasteiger partial charge on any atom is 0.225 e. The summed E-state index contributed by atoms with van der Waals surface area (Å²) in [5.41, 5.74) is 2.15. The van der Waals surface area contributed by atoms with Crippen molar-refractivity contribution in [2.75, 3.05) is 13.1 Å². The summed E-state index contributed by atoms with van der Waals surface area (Å²) in [5.74, 6) is 1.61. The molecule has 2 aromatic heterocycles. The van der Waals surface area contributed by atoms with Gasteiger partial charge in [0.05, 0.1) is 25.0 Å². The largest absolute Gasteiger partial charge is 0.363 e. The fraction of sp³-hybridized carbons (Fsp3) is 0.529. The molecular weight excluding hydrogens is 310 g/mol. The van der Waals surface area contributed by atoms with Crippen LogP contribution < -0.4 is 0 Å². The third-order valence-electron chi connectivity index (χ3n) is 5.26. The second-order valence-corrected chi connectivity index (χ2v) is 7.69. The smallest absolute Gasteiger partial charge is 0.225 e. The Hall–Kier alpha value is -1.66. The third-order valence-corrected chi connectivity index (χ3v) is 5.95. The summed E-state index contributed by atoms with van der Waals surface area (Å²) < 4.78 is 8.48. The second kappa shape index (κ2) is 4.92. The molecule has 0 N–H and O–H groups in total. The highest BCUT2D eigenvalue weighted by Crippen LogP contribution is 2.38. The fourth-order valence-electron chi connectivity index (χ4n) is 3.77. The monoisotopic (exact) mass is 329 g/mol. The Kier molecular flexibility index (Phi) is 2.94. The zero-order valence-corrected chi connectivity index (χ0v) is 13.7. The number of imidazole rings is 1. The standard InChI is InChI=1S/C17H19N3O2S/c21-16(12-1-2-12)19-5-4-17(10-19)11-20-14(13-3-6-23-9-13)7-18-15(20)8-22-17/h3,6-7,9,12H,1-2,4-5,8,10-11H2/t17-/m1/s1. The van der Waals surface area contributed by atoms with Crippen LogP contribution in [0.2, 0.25) is 0 Å². The van der Waals surface area contributed by atoms with Crippen LogP contribution in [-0.4, -0.2) is 39.0 Å². The van der Waals surface area contributed by atoms with Gasteiger partial charge in [-0.2, -0.15) is 11.3 Å². The molecule has 1 aliphatic carbocycles. The first-order valence-corrected chi connectivity index (χ1v) is 9.18. The van der Waals surface area contributed by atoms with E-state index in [9.17, 15) is 4.79 Å². The van der Waals surface area contributed by atoms with E-state index in [1.54, 1.807) is 11.3 Å². The number of carbonyl (C=O) groups is 1. The molecule has 1 amide bonds. The van der Waals surface area contributed by atoms with Crippen molar-refractivity contribution in [2.24, 2.45) is 5.92 Å². The Morgan fingerprint density at radius 3 is 3.09 bits per heavy atom. The van der Waals surface area contributed by atoms with Gasteiger partial charge >= 0.3 is 0 Å². The van der Waals surface area contributed by atoms with Crippen molar-refractivity contribution in [2.45, 2.75) is 38.0 Å². The Balaban J connectivity index is 1.42. The molecule has 2 aromatic rings. The van der Waals surface area contributed by atoms with E-state index in [0.29, 0.717) is 18.4 Å². The van der Waals surface area contributed by atoms with Crippen molar-refractivity contribution < 1.29 is 9.53 Å². The number of rotatable bonds is 2. The van der Waals surface area contributed by atoms with Crippen molar-refractivity contribution in [3.05, 3.63) is 28.8 Å². The fourth-order valence-corrected chi connectivity index (χ4v) is 4.42. The minimum Gasteiger partial charge on any atom is -0.363 e. The number of ether oxygens (including phenoxy) is 1. The summed E-state index contributed by atoms with van der Waals surface area (Å²) in [6.45, 7) is 2.88. The number of likely N-dealkylation sites (tertiary alicyclic amines) is 1. The number of fused-ring (bicyclic) bond motifs is 1.